The summed E-state index contributed by atoms with van der Waals surface area (Å²) in [5.41, 5.74) is 6.15. The van der Waals surface area contributed by atoms with Crippen LogP contribution in [-0.2, 0) is 4.79 Å². The summed E-state index contributed by atoms with van der Waals surface area (Å²) in [5, 5.41) is 2.70. The Balaban J connectivity index is 0.00000169. The fourth-order valence-electron chi connectivity index (χ4n) is 0.723. The van der Waals surface area contributed by atoms with Gasteiger partial charge in [0.05, 0.1) is 15.3 Å². The third kappa shape index (κ3) is 3.77. The second-order valence-corrected chi connectivity index (χ2v) is 3.80. The molecule has 0 saturated heterocycles. The summed E-state index contributed by atoms with van der Waals surface area (Å²) in [6, 6.07) is 1.24. The average molecular weight is 328 g/mol. The van der Waals surface area contributed by atoms with Crippen molar-refractivity contribution in [2.24, 2.45) is 5.73 Å². The molecule has 0 aliphatic carbocycles. The van der Waals surface area contributed by atoms with Crippen molar-refractivity contribution in [1.29, 1.82) is 0 Å². The molecule has 1 atom stereocenters. The highest BCUT2D eigenvalue weighted by atomic mass is 127. The second-order valence-electron chi connectivity index (χ2n) is 2.63. The molecular weight excluding hydrogens is 316 g/mol. The molecule has 4 nitrogen and oxygen atoms in total. The number of amides is 1. The van der Waals surface area contributed by atoms with E-state index in [-0.39, 0.29) is 18.3 Å². The molecule has 0 aromatic carbocycles. The van der Waals surface area contributed by atoms with Gasteiger partial charge in [0.2, 0.25) is 5.91 Å². The van der Waals surface area contributed by atoms with Gasteiger partial charge < -0.3 is 11.1 Å². The van der Waals surface area contributed by atoms with Gasteiger partial charge in [0, 0.05) is 12.4 Å². The topological polar surface area (TPSA) is 68.0 Å². The van der Waals surface area contributed by atoms with E-state index in [0.717, 1.165) is 9.26 Å². The van der Waals surface area contributed by atoms with Gasteiger partial charge in [-0.2, -0.15) is 0 Å². The number of nitrogens with one attached hydrogen (secondary N) is 1. The standard InChI is InChI=1S/C8H10IN3O.ClH/c1-5(10)8(13)12-7-2-3-11-4-6(7)9;/h2-5H,10H2,1H3,(H,11,12,13);1H. The van der Waals surface area contributed by atoms with E-state index < -0.39 is 6.04 Å². The Labute approximate surface area is 102 Å². The molecule has 0 aliphatic rings. The fraction of sp³-hybridized carbons (Fsp3) is 0.250. The van der Waals surface area contributed by atoms with Crippen LogP contribution in [0.1, 0.15) is 6.92 Å². The smallest absolute Gasteiger partial charge is 0.241 e. The monoisotopic (exact) mass is 327 g/mol. The van der Waals surface area contributed by atoms with E-state index in [1.807, 2.05) is 0 Å². The molecule has 6 heteroatoms. The molecule has 0 spiro atoms. The molecule has 0 aliphatic heterocycles. The highest BCUT2D eigenvalue weighted by molar-refractivity contribution is 14.1. The quantitative estimate of drug-likeness (QED) is 0.807. The van der Waals surface area contributed by atoms with Crippen molar-refractivity contribution in [2.45, 2.75) is 13.0 Å². The largest absolute Gasteiger partial charge is 0.324 e. The maximum Gasteiger partial charge on any atom is 0.241 e. The SMILES string of the molecule is CC(N)C(=O)Nc1ccncc1I.Cl. The summed E-state index contributed by atoms with van der Waals surface area (Å²) in [6.45, 7) is 1.64. The van der Waals surface area contributed by atoms with E-state index in [1.54, 1.807) is 25.4 Å². The van der Waals surface area contributed by atoms with Crippen molar-refractivity contribution in [1.82, 2.24) is 4.98 Å². The lowest BCUT2D eigenvalue weighted by molar-refractivity contribution is -0.117. The molecule has 78 valence electrons. The van der Waals surface area contributed by atoms with Gasteiger partial charge >= 0.3 is 0 Å². The highest BCUT2D eigenvalue weighted by Gasteiger charge is 2.08. The Bertz CT molecular complexity index is 319. The number of pyridine rings is 1. The van der Waals surface area contributed by atoms with Crippen LogP contribution >= 0.6 is 35.0 Å². The van der Waals surface area contributed by atoms with Crippen LogP contribution in [0.25, 0.3) is 0 Å². The molecule has 0 bridgehead atoms. The zero-order chi connectivity index (χ0) is 9.84. The van der Waals surface area contributed by atoms with E-state index in [0.29, 0.717) is 0 Å². The Kier molecular flexibility index (Phi) is 5.98. The third-order valence-corrected chi connectivity index (χ3v) is 2.30. The van der Waals surface area contributed by atoms with Gasteiger partial charge in [-0.3, -0.25) is 9.78 Å². The summed E-state index contributed by atoms with van der Waals surface area (Å²) in [7, 11) is 0. The van der Waals surface area contributed by atoms with Crippen molar-refractivity contribution >= 4 is 46.6 Å². The Hall–Kier alpha value is -0.400. The van der Waals surface area contributed by atoms with E-state index in [4.69, 9.17) is 5.73 Å². The number of aromatic nitrogens is 1. The number of rotatable bonds is 2. The van der Waals surface area contributed by atoms with Gasteiger partial charge in [0.1, 0.15) is 0 Å². The maximum absolute atomic E-state index is 11.2. The first-order valence-electron chi connectivity index (χ1n) is 3.77. The zero-order valence-corrected chi connectivity index (χ0v) is 10.5. The molecule has 0 saturated carbocycles. The highest BCUT2D eigenvalue weighted by Crippen LogP contribution is 2.15. The summed E-state index contributed by atoms with van der Waals surface area (Å²) in [4.78, 5) is 15.1. The Morgan fingerprint density at radius 3 is 2.86 bits per heavy atom. The van der Waals surface area contributed by atoms with Crippen molar-refractivity contribution in [3.8, 4) is 0 Å². The Morgan fingerprint density at radius 2 is 2.36 bits per heavy atom. The third-order valence-electron chi connectivity index (χ3n) is 1.44. The number of nitrogens with zero attached hydrogens (tertiary/aromatic N) is 1. The van der Waals surface area contributed by atoms with Crippen LogP contribution in [0.5, 0.6) is 0 Å². The van der Waals surface area contributed by atoms with Crippen LogP contribution in [-0.4, -0.2) is 16.9 Å². The summed E-state index contributed by atoms with van der Waals surface area (Å²) in [6.07, 6.45) is 3.30. The lowest BCUT2D eigenvalue weighted by Crippen LogP contribution is -2.32. The minimum atomic E-state index is -0.496. The number of hydrogen-bond acceptors (Lipinski definition) is 3. The van der Waals surface area contributed by atoms with E-state index in [2.05, 4.69) is 32.9 Å². The molecule has 3 N–H and O–H groups in total. The van der Waals surface area contributed by atoms with Crippen molar-refractivity contribution < 1.29 is 4.79 Å². The lowest BCUT2D eigenvalue weighted by atomic mass is 10.3. The molecule has 0 radical (unpaired) electrons. The zero-order valence-electron chi connectivity index (χ0n) is 7.53. The van der Waals surface area contributed by atoms with Gasteiger partial charge in [-0.25, -0.2) is 0 Å². The van der Waals surface area contributed by atoms with Crippen LogP contribution in [0.2, 0.25) is 0 Å². The summed E-state index contributed by atoms with van der Waals surface area (Å²) in [5.74, 6) is -0.191. The van der Waals surface area contributed by atoms with Crippen LogP contribution in [0.4, 0.5) is 5.69 Å². The number of anilines is 1. The van der Waals surface area contributed by atoms with E-state index in [9.17, 15) is 4.79 Å². The first-order chi connectivity index (χ1) is 6.11. The van der Waals surface area contributed by atoms with Crippen molar-refractivity contribution in [2.75, 3.05) is 5.32 Å². The number of hydrogen-bond donors (Lipinski definition) is 2. The molecule has 1 unspecified atom stereocenters. The van der Waals surface area contributed by atoms with E-state index >= 15 is 0 Å². The molecule has 14 heavy (non-hydrogen) atoms. The van der Waals surface area contributed by atoms with Crippen molar-refractivity contribution in [3.63, 3.8) is 0 Å². The van der Waals surface area contributed by atoms with Crippen LogP contribution in [0, 0.1) is 3.57 Å². The first-order valence-corrected chi connectivity index (χ1v) is 4.85. The number of halogens is 2. The maximum atomic E-state index is 11.2. The molecular formula is C8H11ClIN3O. The van der Waals surface area contributed by atoms with Crippen LogP contribution in [0.15, 0.2) is 18.5 Å². The predicted octanol–water partition coefficient (Wildman–Crippen LogP) is 1.39. The lowest BCUT2D eigenvalue weighted by Gasteiger charge is -2.08. The number of nitrogens with two attached hydrogens (primary N) is 1. The van der Waals surface area contributed by atoms with Gasteiger partial charge in [-0.1, -0.05) is 0 Å². The Morgan fingerprint density at radius 1 is 1.71 bits per heavy atom. The van der Waals surface area contributed by atoms with Crippen LogP contribution < -0.4 is 11.1 Å². The number of carbonyl (C=O) groups excluding carboxylic acids is 1. The number of carbonyl (C=O) groups is 1. The molecule has 1 aromatic rings. The predicted molar refractivity (Wildman–Crippen MR) is 66.5 cm³/mol. The molecule has 1 amide bonds. The molecule has 1 aromatic heterocycles. The molecule has 0 fully saturated rings. The van der Waals surface area contributed by atoms with Gasteiger partial charge in [-0.15, -0.1) is 12.4 Å². The normalized spacial score (nSPS) is 11.4. The minimum absolute atomic E-state index is 0. The fourth-order valence-corrected chi connectivity index (χ4v) is 1.20. The van der Waals surface area contributed by atoms with Crippen LogP contribution in [0.3, 0.4) is 0 Å². The molecule has 1 rings (SSSR count). The van der Waals surface area contributed by atoms with Gasteiger partial charge in [-0.05, 0) is 35.6 Å². The summed E-state index contributed by atoms with van der Waals surface area (Å²) < 4.78 is 0.897. The van der Waals surface area contributed by atoms with E-state index in [1.165, 1.54) is 0 Å². The minimum Gasteiger partial charge on any atom is -0.324 e. The van der Waals surface area contributed by atoms with Gasteiger partial charge in [0.15, 0.2) is 0 Å². The van der Waals surface area contributed by atoms with Gasteiger partial charge in [0.25, 0.3) is 0 Å². The second kappa shape index (κ2) is 6.15. The molecule has 1 heterocycles. The average Bonchev–Trinajstić information content (AvgIpc) is 2.08. The first kappa shape index (κ1) is 13.6. The van der Waals surface area contributed by atoms with Crippen molar-refractivity contribution in [3.05, 3.63) is 22.0 Å². The summed E-state index contributed by atoms with van der Waals surface area (Å²) >= 11 is 2.10.